The molecule has 0 saturated heterocycles. The van der Waals surface area contributed by atoms with Crippen molar-refractivity contribution in [2.24, 2.45) is 0 Å². The Morgan fingerprint density at radius 2 is 1.26 bits per heavy atom. The molecule has 15 nitrogen and oxygen atoms in total. The normalized spacial score (nSPS) is 12.2. The Morgan fingerprint density at radius 1 is 0.824 bits per heavy atom. The number of rotatable bonds is 9. The second-order valence-electron chi connectivity index (χ2n) is 7.49. The molecule has 34 heavy (non-hydrogen) atoms. The SMILES string of the molecule is CC(C)OC(=O)COCC1c2cc([N+](=O)[O-])cc([N+](=O)[O-])c2-c2c1cc([N+](=O)[O-])cc2[N+](=O)[O-]. The van der Waals surface area contributed by atoms with E-state index in [9.17, 15) is 45.3 Å². The summed E-state index contributed by atoms with van der Waals surface area (Å²) in [6, 6.07) is 3.32. The lowest BCUT2D eigenvalue weighted by Crippen LogP contribution is -2.19. The molecule has 1 aliphatic rings. The molecule has 0 N–H and O–H groups in total. The van der Waals surface area contributed by atoms with Gasteiger partial charge < -0.3 is 9.47 Å². The quantitative estimate of drug-likeness (QED) is 0.291. The van der Waals surface area contributed by atoms with Crippen LogP contribution in [0.2, 0.25) is 0 Å². The summed E-state index contributed by atoms with van der Waals surface area (Å²) in [5.74, 6) is -1.84. The minimum absolute atomic E-state index is 0.0586. The summed E-state index contributed by atoms with van der Waals surface area (Å²) in [6.07, 6.45) is -0.431. The van der Waals surface area contributed by atoms with Crippen LogP contribution >= 0.6 is 0 Å². The van der Waals surface area contributed by atoms with Gasteiger partial charge in [0.15, 0.2) is 0 Å². The molecule has 1 aliphatic carbocycles. The number of nitro groups is 4. The average molecular weight is 476 g/mol. The van der Waals surface area contributed by atoms with E-state index < -0.39 is 73.6 Å². The second-order valence-corrected chi connectivity index (χ2v) is 7.49. The van der Waals surface area contributed by atoms with Gasteiger partial charge in [0.25, 0.3) is 22.7 Å². The number of hydrogen-bond acceptors (Lipinski definition) is 11. The fraction of sp³-hybridized carbons (Fsp3) is 0.316. The van der Waals surface area contributed by atoms with E-state index in [4.69, 9.17) is 9.47 Å². The summed E-state index contributed by atoms with van der Waals surface area (Å²) in [5, 5.41) is 46.2. The van der Waals surface area contributed by atoms with Crippen LogP contribution in [-0.2, 0) is 14.3 Å². The number of non-ortho nitro benzene ring substituents is 2. The maximum atomic E-state index is 11.8. The van der Waals surface area contributed by atoms with Gasteiger partial charge in [0.05, 0.1) is 55.7 Å². The van der Waals surface area contributed by atoms with E-state index in [2.05, 4.69) is 0 Å². The molecule has 0 heterocycles. The number of benzene rings is 2. The Bertz CT molecular complexity index is 1160. The first-order valence-corrected chi connectivity index (χ1v) is 9.63. The molecule has 3 rings (SSSR count). The van der Waals surface area contributed by atoms with Crippen LogP contribution in [0, 0.1) is 40.5 Å². The van der Waals surface area contributed by atoms with E-state index in [-0.39, 0.29) is 22.3 Å². The highest BCUT2D eigenvalue weighted by Gasteiger charge is 2.42. The summed E-state index contributed by atoms with van der Waals surface area (Å²) in [7, 11) is 0. The molecule has 0 fully saturated rings. The largest absolute Gasteiger partial charge is 0.461 e. The van der Waals surface area contributed by atoms with Gasteiger partial charge in [-0.1, -0.05) is 0 Å². The molecular weight excluding hydrogens is 460 g/mol. The van der Waals surface area contributed by atoms with Crippen LogP contribution in [0.25, 0.3) is 11.1 Å². The Labute approximate surface area is 189 Å². The van der Waals surface area contributed by atoms with Gasteiger partial charge in [-0.3, -0.25) is 40.5 Å². The summed E-state index contributed by atoms with van der Waals surface area (Å²) in [4.78, 5) is 54.4. The predicted molar refractivity (Wildman–Crippen MR) is 112 cm³/mol. The molecule has 0 radical (unpaired) electrons. The number of hydrogen-bond donors (Lipinski definition) is 0. The topological polar surface area (TPSA) is 208 Å². The van der Waals surface area contributed by atoms with Crippen LogP contribution < -0.4 is 0 Å². The van der Waals surface area contributed by atoms with Gasteiger partial charge in [-0.05, 0) is 25.0 Å². The molecule has 2 aromatic rings. The van der Waals surface area contributed by atoms with E-state index in [0.29, 0.717) is 12.1 Å². The monoisotopic (exact) mass is 476 g/mol. The fourth-order valence-electron chi connectivity index (χ4n) is 3.76. The third-order valence-electron chi connectivity index (χ3n) is 4.95. The number of carbonyl (C=O) groups is 1. The number of nitro benzene ring substituents is 4. The molecular formula is C19H16N4O11. The fourth-order valence-corrected chi connectivity index (χ4v) is 3.76. The first-order valence-electron chi connectivity index (χ1n) is 9.63. The van der Waals surface area contributed by atoms with E-state index in [1.807, 2.05) is 0 Å². The van der Waals surface area contributed by atoms with Gasteiger partial charge in [0.2, 0.25) is 0 Å². The third kappa shape index (κ3) is 4.49. The molecule has 2 aromatic carbocycles. The Kier molecular flexibility index (Phi) is 6.49. The first kappa shape index (κ1) is 24.1. The zero-order valence-corrected chi connectivity index (χ0v) is 17.7. The average Bonchev–Trinajstić information content (AvgIpc) is 3.05. The highest BCUT2D eigenvalue weighted by atomic mass is 16.6. The van der Waals surface area contributed by atoms with Crippen molar-refractivity contribution in [3.8, 4) is 11.1 Å². The molecule has 0 unspecified atom stereocenters. The van der Waals surface area contributed by atoms with Gasteiger partial charge in [-0.15, -0.1) is 0 Å². The van der Waals surface area contributed by atoms with Crippen molar-refractivity contribution in [1.29, 1.82) is 0 Å². The number of ether oxygens (including phenoxy) is 2. The molecule has 0 bridgehead atoms. The van der Waals surface area contributed by atoms with Gasteiger partial charge in [0.1, 0.15) is 6.61 Å². The lowest BCUT2D eigenvalue weighted by molar-refractivity contribution is -0.395. The van der Waals surface area contributed by atoms with Gasteiger partial charge >= 0.3 is 5.97 Å². The van der Waals surface area contributed by atoms with E-state index in [1.54, 1.807) is 13.8 Å². The summed E-state index contributed by atoms with van der Waals surface area (Å²) in [5.41, 5.74) is -3.52. The number of nitrogens with zero attached hydrogens (tertiary/aromatic N) is 4. The van der Waals surface area contributed by atoms with Gasteiger partial charge in [0, 0.05) is 18.1 Å². The molecule has 178 valence electrons. The van der Waals surface area contributed by atoms with Crippen molar-refractivity contribution in [3.63, 3.8) is 0 Å². The van der Waals surface area contributed by atoms with Crippen molar-refractivity contribution in [3.05, 3.63) is 75.8 Å². The number of esters is 1. The molecule has 0 spiro atoms. The third-order valence-corrected chi connectivity index (χ3v) is 4.95. The number of fused-ring (bicyclic) bond motifs is 3. The molecule has 0 amide bonds. The number of carbonyl (C=O) groups excluding carboxylic acids is 1. The van der Waals surface area contributed by atoms with Crippen LogP contribution in [0.4, 0.5) is 22.7 Å². The van der Waals surface area contributed by atoms with Crippen molar-refractivity contribution >= 4 is 28.7 Å². The van der Waals surface area contributed by atoms with Crippen molar-refractivity contribution in [1.82, 2.24) is 0 Å². The smallest absolute Gasteiger partial charge is 0.332 e. The van der Waals surface area contributed by atoms with Crippen molar-refractivity contribution in [2.75, 3.05) is 13.2 Å². The molecule has 0 atom stereocenters. The van der Waals surface area contributed by atoms with Gasteiger partial charge in [-0.2, -0.15) is 0 Å². The van der Waals surface area contributed by atoms with Crippen LogP contribution in [0.3, 0.4) is 0 Å². The maximum absolute atomic E-state index is 11.8. The minimum Gasteiger partial charge on any atom is -0.461 e. The Hall–Kier alpha value is -4.53. The standard InChI is InChI=1S/C19H16N4O11/c1-9(2)34-17(24)8-33-7-14-12-3-10(20(25)26)5-15(22(29)30)18(12)19-13(14)4-11(21(27)28)6-16(19)23(31)32/h3-6,9,14H,7-8H2,1-2H3. The Morgan fingerprint density at radius 3 is 1.62 bits per heavy atom. The van der Waals surface area contributed by atoms with Crippen LogP contribution in [0.5, 0.6) is 0 Å². The van der Waals surface area contributed by atoms with Crippen LogP contribution in [0.1, 0.15) is 30.9 Å². The van der Waals surface area contributed by atoms with Crippen LogP contribution in [-0.4, -0.2) is 45.0 Å². The van der Waals surface area contributed by atoms with E-state index in [1.165, 1.54) is 0 Å². The molecule has 15 heteroatoms. The minimum atomic E-state index is -1.10. The molecule has 0 aliphatic heterocycles. The summed E-state index contributed by atoms with van der Waals surface area (Å²) in [6.45, 7) is 2.26. The van der Waals surface area contributed by atoms with Crippen molar-refractivity contribution < 1.29 is 34.0 Å². The maximum Gasteiger partial charge on any atom is 0.332 e. The first-order chi connectivity index (χ1) is 15.9. The molecule has 0 saturated carbocycles. The van der Waals surface area contributed by atoms with Crippen LogP contribution in [0.15, 0.2) is 24.3 Å². The predicted octanol–water partition coefficient (Wildman–Crippen LogP) is 3.40. The summed E-state index contributed by atoms with van der Waals surface area (Å²) >= 11 is 0. The molecule has 0 aromatic heterocycles. The lowest BCUT2D eigenvalue weighted by atomic mass is 9.96. The highest BCUT2D eigenvalue weighted by Crippen LogP contribution is 2.54. The van der Waals surface area contributed by atoms with Gasteiger partial charge in [-0.25, -0.2) is 4.79 Å². The lowest BCUT2D eigenvalue weighted by Gasteiger charge is -2.14. The second kappa shape index (κ2) is 9.14. The van der Waals surface area contributed by atoms with E-state index in [0.717, 1.165) is 12.1 Å². The Balaban J connectivity index is 2.23. The summed E-state index contributed by atoms with van der Waals surface area (Å²) < 4.78 is 10.3. The highest BCUT2D eigenvalue weighted by molar-refractivity contribution is 5.93. The zero-order chi connectivity index (χ0) is 25.3. The van der Waals surface area contributed by atoms with E-state index >= 15 is 0 Å². The van der Waals surface area contributed by atoms with Crippen molar-refractivity contribution in [2.45, 2.75) is 25.9 Å². The zero-order valence-electron chi connectivity index (χ0n) is 17.7.